The molecule has 0 spiro atoms. The molecule has 0 heterocycles. The highest BCUT2D eigenvalue weighted by atomic mass is 32.2. The zero-order chi connectivity index (χ0) is 12.7. The third kappa shape index (κ3) is 5.24. The fourth-order valence-corrected chi connectivity index (χ4v) is 1.85. The summed E-state index contributed by atoms with van der Waals surface area (Å²) in [6.07, 6.45) is 3.00. The summed E-state index contributed by atoms with van der Waals surface area (Å²) in [5, 5.41) is 2.92. The Morgan fingerprint density at radius 2 is 1.94 bits per heavy atom. The first-order valence-corrected chi connectivity index (χ1v) is 6.93. The van der Waals surface area contributed by atoms with Crippen LogP contribution in [0.5, 0.6) is 0 Å². The van der Waals surface area contributed by atoms with E-state index in [0.29, 0.717) is 0 Å². The van der Waals surface area contributed by atoms with Gasteiger partial charge in [0.05, 0.1) is 0 Å². The molecule has 0 aliphatic heterocycles. The number of thioether (sulfide) groups is 1. The normalized spacial score (nSPS) is 10.6. The van der Waals surface area contributed by atoms with Crippen LogP contribution in [0.25, 0.3) is 0 Å². The van der Waals surface area contributed by atoms with Crippen LogP contribution in [0.4, 0.5) is 0 Å². The molecular weight excluding hydrogens is 232 g/mol. The van der Waals surface area contributed by atoms with E-state index in [1.54, 1.807) is 11.8 Å². The minimum absolute atomic E-state index is 0.0106. The van der Waals surface area contributed by atoms with Crippen LogP contribution in [0.1, 0.15) is 16.8 Å². The van der Waals surface area contributed by atoms with Gasteiger partial charge in [-0.3, -0.25) is 4.79 Å². The number of nitrogens with one attached hydrogen (secondary N) is 1. The lowest BCUT2D eigenvalue weighted by Gasteiger charge is -2.10. The van der Waals surface area contributed by atoms with Crippen molar-refractivity contribution in [1.82, 2.24) is 10.2 Å². The summed E-state index contributed by atoms with van der Waals surface area (Å²) in [7, 11) is 4.06. The third-order valence-electron chi connectivity index (χ3n) is 2.42. The van der Waals surface area contributed by atoms with Gasteiger partial charge in [0.1, 0.15) is 0 Å². The van der Waals surface area contributed by atoms with Crippen LogP contribution in [0.2, 0.25) is 0 Å². The molecule has 17 heavy (non-hydrogen) atoms. The Balaban J connectivity index is 2.36. The quantitative estimate of drug-likeness (QED) is 0.621. The topological polar surface area (TPSA) is 32.3 Å². The van der Waals surface area contributed by atoms with Crippen molar-refractivity contribution in [3.8, 4) is 0 Å². The fraction of sp³-hybridized carbons (Fsp3) is 0.462. The van der Waals surface area contributed by atoms with E-state index in [1.807, 2.05) is 44.6 Å². The highest BCUT2D eigenvalue weighted by Crippen LogP contribution is 2.14. The van der Waals surface area contributed by atoms with Gasteiger partial charge in [-0.05, 0) is 57.6 Å². The molecule has 0 atom stereocenters. The van der Waals surface area contributed by atoms with Crippen LogP contribution in [0.15, 0.2) is 29.2 Å². The van der Waals surface area contributed by atoms with Gasteiger partial charge in [0.2, 0.25) is 0 Å². The molecule has 1 rings (SSSR count). The Morgan fingerprint density at radius 1 is 1.29 bits per heavy atom. The van der Waals surface area contributed by atoms with E-state index >= 15 is 0 Å². The maximum absolute atomic E-state index is 11.8. The highest BCUT2D eigenvalue weighted by molar-refractivity contribution is 7.98. The average Bonchev–Trinajstić information content (AvgIpc) is 2.34. The third-order valence-corrected chi connectivity index (χ3v) is 3.16. The standard InChI is InChI=1S/C13H20N2OS/c1-15(2)10-4-9-14-13(16)11-5-7-12(17-3)8-6-11/h5-8H,4,9-10H2,1-3H3,(H,14,16). The van der Waals surface area contributed by atoms with Crippen molar-refractivity contribution < 1.29 is 4.79 Å². The van der Waals surface area contributed by atoms with E-state index in [9.17, 15) is 4.79 Å². The SMILES string of the molecule is CSc1ccc(C(=O)NCCCN(C)C)cc1. The lowest BCUT2D eigenvalue weighted by atomic mass is 10.2. The monoisotopic (exact) mass is 252 g/mol. The molecule has 4 heteroatoms. The number of hydrogen-bond donors (Lipinski definition) is 1. The Morgan fingerprint density at radius 3 is 2.47 bits per heavy atom. The van der Waals surface area contributed by atoms with Crippen molar-refractivity contribution in [2.45, 2.75) is 11.3 Å². The number of rotatable bonds is 6. The van der Waals surface area contributed by atoms with Crippen LogP contribution in [0, 0.1) is 0 Å². The van der Waals surface area contributed by atoms with Crippen LogP contribution in [-0.4, -0.2) is 44.2 Å². The van der Waals surface area contributed by atoms with Crippen molar-refractivity contribution >= 4 is 17.7 Å². The number of benzene rings is 1. The molecule has 1 aromatic carbocycles. The van der Waals surface area contributed by atoms with Crippen LogP contribution < -0.4 is 5.32 Å². The van der Waals surface area contributed by atoms with Gasteiger partial charge < -0.3 is 10.2 Å². The summed E-state index contributed by atoms with van der Waals surface area (Å²) in [6, 6.07) is 7.68. The zero-order valence-electron chi connectivity index (χ0n) is 10.7. The molecule has 0 saturated heterocycles. The second-order valence-corrected chi connectivity index (χ2v) is 5.02. The first kappa shape index (κ1) is 14.1. The summed E-state index contributed by atoms with van der Waals surface area (Å²) in [5.41, 5.74) is 0.729. The molecule has 0 aromatic heterocycles. The second kappa shape index (κ2) is 7.35. The summed E-state index contributed by atoms with van der Waals surface area (Å²) < 4.78 is 0. The molecule has 0 unspecified atom stereocenters. The number of carbonyl (C=O) groups excluding carboxylic acids is 1. The summed E-state index contributed by atoms with van der Waals surface area (Å²) in [5.74, 6) is 0.0106. The average molecular weight is 252 g/mol. The first-order valence-electron chi connectivity index (χ1n) is 5.70. The minimum Gasteiger partial charge on any atom is -0.352 e. The molecule has 0 saturated carbocycles. The second-order valence-electron chi connectivity index (χ2n) is 4.14. The van der Waals surface area contributed by atoms with E-state index in [2.05, 4.69) is 10.2 Å². The number of amides is 1. The van der Waals surface area contributed by atoms with Crippen LogP contribution in [-0.2, 0) is 0 Å². The van der Waals surface area contributed by atoms with Crippen LogP contribution in [0.3, 0.4) is 0 Å². The fourth-order valence-electron chi connectivity index (χ4n) is 1.44. The van der Waals surface area contributed by atoms with E-state index in [1.165, 1.54) is 4.90 Å². The first-order chi connectivity index (χ1) is 8.13. The van der Waals surface area contributed by atoms with Gasteiger partial charge >= 0.3 is 0 Å². The van der Waals surface area contributed by atoms with Crippen LogP contribution >= 0.6 is 11.8 Å². The van der Waals surface area contributed by atoms with Crippen molar-refractivity contribution in [3.05, 3.63) is 29.8 Å². The van der Waals surface area contributed by atoms with Crippen molar-refractivity contribution in [2.24, 2.45) is 0 Å². The van der Waals surface area contributed by atoms with E-state index in [0.717, 1.165) is 25.1 Å². The Kier molecular flexibility index (Phi) is 6.08. The molecule has 0 aliphatic rings. The molecular formula is C13H20N2OS. The molecule has 0 radical (unpaired) electrons. The number of carbonyl (C=O) groups is 1. The predicted octanol–water partition coefficient (Wildman–Crippen LogP) is 2.09. The van der Waals surface area contributed by atoms with Crippen molar-refractivity contribution in [2.75, 3.05) is 33.4 Å². The van der Waals surface area contributed by atoms with Gasteiger partial charge in [0.25, 0.3) is 5.91 Å². The zero-order valence-corrected chi connectivity index (χ0v) is 11.5. The summed E-state index contributed by atoms with van der Waals surface area (Å²) in [4.78, 5) is 15.0. The summed E-state index contributed by atoms with van der Waals surface area (Å²) in [6.45, 7) is 1.72. The van der Waals surface area contributed by atoms with Gasteiger partial charge in [-0.1, -0.05) is 0 Å². The van der Waals surface area contributed by atoms with Crippen molar-refractivity contribution in [1.29, 1.82) is 0 Å². The molecule has 0 fully saturated rings. The molecule has 1 aromatic rings. The highest BCUT2D eigenvalue weighted by Gasteiger charge is 2.04. The van der Waals surface area contributed by atoms with Crippen molar-refractivity contribution in [3.63, 3.8) is 0 Å². The molecule has 0 bridgehead atoms. The van der Waals surface area contributed by atoms with Gasteiger partial charge in [0.15, 0.2) is 0 Å². The molecule has 0 aliphatic carbocycles. The van der Waals surface area contributed by atoms with E-state index < -0.39 is 0 Å². The largest absolute Gasteiger partial charge is 0.352 e. The Hall–Kier alpha value is -1.00. The minimum atomic E-state index is 0.0106. The smallest absolute Gasteiger partial charge is 0.251 e. The van der Waals surface area contributed by atoms with E-state index in [-0.39, 0.29) is 5.91 Å². The summed E-state index contributed by atoms with van der Waals surface area (Å²) >= 11 is 1.68. The molecule has 3 nitrogen and oxygen atoms in total. The lowest BCUT2D eigenvalue weighted by molar-refractivity contribution is 0.0952. The maximum Gasteiger partial charge on any atom is 0.251 e. The van der Waals surface area contributed by atoms with E-state index in [4.69, 9.17) is 0 Å². The lowest BCUT2D eigenvalue weighted by Crippen LogP contribution is -2.27. The van der Waals surface area contributed by atoms with Gasteiger partial charge in [-0.2, -0.15) is 0 Å². The van der Waals surface area contributed by atoms with Gasteiger partial charge in [-0.25, -0.2) is 0 Å². The Bertz CT molecular complexity index is 349. The molecule has 1 N–H and O–H groups in total. The van der Waals surface area contributed by atoms with Gasteiger partial charge in [0, 0.05) is 17.0 Å². The number of nitrogens with zero attached hydrogens (tertiary/aromatic N) is 1. The molecule has 1 amide bonds. The van der Waals surface area contributed by atoms with Gasteiger partial charge in [-0.15, -0.1) is 11.8 Å². The Labute approximate surface area is 108 Å². The number of hydrogen-bond acceptors (Lipinski definition) is 3. The molecule has 94 valence electrons. The maximum atomic E-state index is 11.8. The predicted molar refractivity (Wildman–Crippen MR) is 73.7 cm³/mol.